The number of nitrogens with one attached hydrogen (secondary N) is 1. The zero-order valence-electron chi connectivity index (χ0n) is 18.2. The van der Waals surface area contributed by atoms with Gasteiger partial charge in [0.25, 0.3) is 5.91 Å². The monoisotopic (exact) mass is 561 g/mol. The molecule has 0 radical (unpaired) electrons. The summed E-state index contributed by atoms with van der Waals surface area (Å²) in [7, 11) is 3.12. The molecule has 0 spiro atoms. The molecule has 35 heavy (non-hydrogen) atoms. The van der Waals surface area contributed by atoms with Gasteiger partial charge in [-0.15, -0.1) is 16.9 Å². The Labute approximate surface area is 214 Å². The Hall–Kier alpha value is -2.41. The average Bonchev–Trinajstić information content (AvgIpc) is 3.15. The molecule has 5 N–H and O–H groups in total. The number of fused-ring (bicyclic) bond motifs is 1. The third-order valence-electron chi connectivity index (χ3n) is 5.29. The molecule has 0 aliphatic carbocycles. The van der Waals surface area contributed by atoms with Crippen molar-refractivity contribution < 1.29 is 34.1 Å². The van der Waals surface area contributed by atoms with E-state index in [9.17, 15) is 24.3 Å². The highest BCUT2D eigenvalue weighted by molar-refractivity contribution is 8.39. The Bertz CT molecular complexity index is 1150. The van der Waals surface area contributed by atoms with E-state index in [-0.39, 0.29) is 16.5 Å². The van der Waals surface area contributed by atoms with Gasteiger partial charge in [-0.1, -0.05) is 35.3 Å². The summed E-state index contributed by atoms with van der Waals surface area (Å²) in [5.74, 6) is -3.25. The van der Waals surface area contributed by atoms with Gasteiger partial charge in [0.1, 0.15) is 21.2 Å². The van der Waals surface area contributed by atoms with E-state index in [1.54, 1.807) is 11.9 Å². The number of nitrogens with two attached hydrogens (primary N) is 1. The number of hydrogen-bond acceptors (Lipinski definition) is 13. The molecule has 2 fully saturated rings. The number of methoxy groups -OCH3 is 1. The van der Waals surface area contributed by atoms with Crippen LogP contribution in [0.2, 0.25) is 0 Å². The van der Waals surface area contributed by atoms with E-state index in [0.717, 1.165) is 23.5 Å². The number of ether oxygens (including phenoxy) is 1. The fourth-order valence-electron chi connectivity index (χ4n) is 3.61. The topological polar surface area (TPSA) is 203 Å². The van der Waals surface area contributed by atoms with E-state index >= 15 is 0 Å². The van der Waals surface area contributed by atoms with Crippen molar-refractivity contribution in [2.75, 3.05) is 25.2 Å². The number of carbonyl (C=O) groups excluding carboxylic acids is 2. The van der Waals surface area contributed by atoms with Gasteiger partial charge in [0.2, 0.25) is 11.1 Å². The summed E-state index contributed by atoms with van der Waals surface area (Å²) in [4.78, 5) is 49.1. The minimum Gasteiger partial charge on any atom is -0.477 e. The molecule has 14 nitrogen and oxygen atoms in total. The zero-order valence-corrected chi connectivity index (χ0v) is 21.4. The number of primary amides is 1. The molecule has 2 saturated heterocycles. The minimum atomic E-state index is -1.45. The van der Waals surface area contributed by atoms with Crippen LogP contribution in [0.25, 0.3) is 0 Å². The number of aliphatic carboxylic acids is 2. The molecule has 1 aromatic heterocycles. The summed E-state index contributed by atoms with van der Waals surface area (Å²) in [6.07, 6.45) is 0. The number of rotatable bonds is 9. The van der Waals surface area contributed by atoms with Crippen molar-refractivity contribution in [1.82, 2.24) is 30.4 Å². The van der Waals surface area contributed by atoms with E-state index < -0.39 is 45.0 Å². The van der Waals surface area contributed by atoms with Gasteiger partial charge in [-0.25, -0.2) is 14.3 Å². The summed E-state index contributed by atoms with van der Waals surface area (Å²) < 4.78 is 6.60. The van der Waals surface area contributed by atoms with Crippen LogP contribution in [0.4, 0.5) is 0 Å². The maximum absolute atomic E-state index is 12.8. The Kier molecular flexibility index (Phi) is 7.28. The van der Waals surface area contributed by atoms with Gasteiger partial charge in [0.05, 0.1) is 10.8 Å². The van der Waals surface area contributed by atoms with Gasteiger partial charge in [-0.05, 0) is 16.0 Å². The Balaban J connectivity index is 1.44. The Morgan fingerprint density at radius 2 is 2.03 bits per heavy atom. The largest absolute Gasteiger partial charge is 0.477 e. The molecule has 2 atom stereocenters. The maximum Gasteiger partial charge on any atom is 0.352 e. The molecule has 2 unspecified atom stereocenters. The summed E-state index contributed by atoms with van der Waals surface area (Å²) in [5.41, 5.74) is 4.28. The molecule has 4 rings (SSSR count). The number of nitrogens with zero attached hydrogens (tertiary/aromatic N) is 5. The van der Waals surface area contributed by atoms with Gasteiger partial charge in [0, 0.05) is 25.7 Å². The Morgan fingerprint density at radius 3 is 2.57 bits per heavy atom. The first-order valence-corrected chi connectivity index (χ1v) is 13.5. The van der Waals surface area contributed by atoms with Gasteiger partial charge in [-0.3, -0.25) is 9.59 Å². The minimum absolute atomic E-state index is 0.112. The van der Waals surface area contributed by atoms with Crippen LogP contribution in [0.15, 0.2) is 26.2 Å². The molecule has 0 saturated carbocycles. The van der Waals surface area contributed by atoms with Crippen LogP contribution in [0.3, 0.4) is 0 Å². The van der Waals surface area contributed by atoms with Crippen molar-refractivity contribution in [3.63, 3.8) is 0 Å². The molecule has 3 aliphatic rings. The van der Waals surface area contributed by atoms with E-state index in [4.69, 9.17) is 15.6 Å². The number of aryl methyl sites for hydroxylation is 1. The Morgan fingerprint density at radius 1 is 1.31 bits per heavy atom. The van der Waals surface area contributed by atoms with Crippen LogP contribution in [0.1, 0.15) is 0 Å². The molecule has 3 aliphatic heterocycles. The summed E-state index contributed by atoms with van der Waals surface area (Å²) in [5, 5.41) is 33.1. The van der Waals surface area contributed by atoms with Crippen molar-refractivity contribution in [3.8, 4) is 0 Å². The average molecular weight is 562 g/mol. The fraction of sp³-hybridized carbons (Fsp3) is 0.471. The van der Waals surface area contributed by atoms with Crippen LogP contribution < -0.4 is 11.1 Å². The molecule has 2 amide bonds. The first kappa shape index (κ1) is 25.7. The molecule has 0 aromatic carbocycles. The van der Waals surface area contributed by atoms with Crippen molar-refractivity contribution in [3.05, 3.63) is 21.1 Å². The lowest BCUT2D eigenvalue weighted by Gasteiger charge is -2.58. The van der Waals surface area contributed by atoms with Crippen LogP contribution in [0, 0.1) is 0 Å². The second-order valence-corrected chi connectivity index (χ2v) is 12.2. The number of carbonyl (C=O) groups is 4. The van der Waals surface area contributed by atoms with Crippen LogP contribution >= 0.6 is 47.0 Å². The smallest absolute Gasteiger partial charge is 0.352 e. The van der Waals surface area contributed by atoms with E-state index in [1.165, 1.54) is 35.3 Å². The molecule has 0 bridgehead atoms. The number of carboxylic acid groups (broad SMARTS) is 2. The second-order valence-electron chi connectivity index (χ2n) is 7.40. The summed E-state index contributed by atoms with van der Waals surface area (Å²) >= 11 is 4.61. The quantitative estimate of drug-likeness (QED) is 0.0946. The standard InChI is InChI=1S/C17H19N7O7S4/c1-23-16(20-21-22-23)33-4-6-3-32-15-17(31-2,5-24(15)8(6)12(29)30)19-10(26)14-34-13(35-14)7(9(18)25)11(27)28/h14-15H,3-5H2,1-2H3,(H2,18,25)(H,19,26)(H,27,28)(H,29,30). The van der Waals surface area contributed by atoms with Crippen molar-refractivity contribution in [2.24, 2.45) is 12.8 Å². The van der Waals surface area contributed by atoms with Gasteiger partial charge in [0.15, 0.2) is 5.72 Å². The van der Waals surface area contributed by atoms with E-state index in [2.05, 4.69) is 20.8 Å². The number of tetrazole rings is 1. The highest BCUT2D eigenvalue weighted by Gasteiger charge is 2.59. The first-order chi connectivity index (χ1) is 16.6. The van der Waals surface area contributed by atoms with Crippen molar-refractivity contribution in [2.45, 2.75) is 20.8 Å². The third-order valence-corrected chi connectivity index (χ3v) is 10.7. The van der Waals surface area contributed by atoms with Crippen LogP contribution in [-0.4, -0.2) is 99.9 Å². The molecular weight excluding hydrogens is 542 g/mol. The lowest BCUT2D eigenvalue weighted by Crippen LogP contribution is -2.77. The lowest BCUT2D eigenvalue weighted by atomic mass is 10.00. The number of hydrogen-bond donors (Lipinski definition) is 4. The van der Waals surface area contributed by atoms with Gasteiger partial charge in [-0.2, -0.15) is 0 Å². The maximum atomic E-state index is 12.8. The first-order valence-electron chi connectivity index (χ1n) is 9.74. The normalized spacial score (nSPS) is 25.3. The molecular formula is C17H19N7O7S4. The number of amides is 2. The molecule has 4 heterocycles. The number of aromatic nitrogens is 4. The van der Waals surface area contributed by atoms with Gasteiger partial charge >= 0.3 is 11.9 Å². The molecule has 1 aromatic rings. The molecule has 18 heteroatoms. The van der Waals surface area contributed by atoms with Crippen LogP contribution in [-0.2, 0) is 31.0 Å². The number of thioether (sulfide) groups is 4. The summed E-state index contributed by atoms with van der Waals surface area (Å²) in [6.45, 7) is 0.112. The van der Waals surface area contributed by atoms with Gasteiger partial charge < -0.3 is 30.9 Å². The fourth-order valence-corrected chi connectivity index (χ4v) is 8.27. The van der Waals surface area contributed by atoms with E-state index in [0.29, 0.717) is 22.2 Å². The van der Waals surface area contributed by atoms with Crippen molar-refractivity contribution in [1.29, 1.82) is 0 Å². The third kappa shape index (κ3) is 4.72. The van der Waals surface area contributed by atoms with Crippen LogP contribution in [0.5, 0.6) is 0 Å². The number of carboxylic acids is 2. The highest BCUT2D eigenvalue weighted by atomic mass is 32.3. The molecule has 188 valence electrons. The van der Waals surface area contributed by atoms with E-state index in [1.807, 2.05) is 0 Å². The van der Waals surface area contributed by atoms with Crippen molar-refractivity contribution >= 4 is 70.8 Å². The predicted molar refractivity (Wildman–Crippen MR) is 128 cm³/mol. The SMILES string of the molecule is COC1(NC(=O)C2SC(=C(C(N)=O)C(=O)O)S2)CN2C(C(=O)O)=C(CSc3nnnn3C)CSC21. The summed E-state index contributed by atoms with van der Waals surface area (Å²) in [6, 6.07) is 0. The lowest BCUT2D eigenvalue weighted by molar-refractivity contribution is -0.166. The highest BCUT2D eigenvalue weighted by Crippen LogP contribution is 2.53. The zero-order chi connectivity index (χ0) is 25.5. The second kappa shape index (κ2) is 9.92. The predicted octanol–water partition coefficient (Wildman–Crippen LogP) is -0.924.